The molecule has 1 fully saturated rings. The van der Waals surface area contributed by atoms with E-state index < -0.39 is 4.92 Å². The Labute approximate surface area is 117 Å². The Bertz CT molecular complexity index is 530. The zero-order valence-corrected chi connectivity index (χ0v) is 11.6. The molecule has 0 heterocycles. The highest BCUT2D eigenvalue weighted by Crippen LogP contribution is 2.31. The maximum absolute atomic E-state index is 12.2. The van der Waals surface area contributed by atoms with E-state index in [2.05, 4.69) is 12.2 Å². The summed E-state index contributed by atoms with van der Waals surface area (Å²) < 4.78 is 5.04. The summed E-state index contributed by atoms with van der Waals surface area (Å²) in [6, 6.07) is 4.50. The van der Waals surface area contributed by atoms with Crippen molar-refractivity contribution in [2.45, 2.75) is 32.2 Å². The lowest BCUT2D eigenvalue weighted by atomic mass is 10.1. The SMILES string of the molecule is COc1c(C(=O)NC2CCC(C)C2)cccc1[N+](=O)[O-]. The molecule has 0 bridgehead atoms. The predicted molar refractivity (Wildman–Crippen MR) is 73.9 cm³/mol. The lowest BCUT2D eigenvalue weighted by Crippen LogP contribution is -2.33. The van der Waals surface area contributed by atoms with Crippen molar-refractivity contribution in [3.05, 3.63) is 33.9 Å². The quantitative estimate of drug-likeness (QED) is 0.677. The summed E-state index contributed by atoms with van der Waals surface area (Å²) in [5.41, 5.74) is 0.0150. The van der Waals surface area contributed by atoms with Gasteiger partial charge in [-0.05, 0) is 31.2 Å². The number of benzene rings is 1. The molecule has 1 aromatic carbocycles. The minimum atomic E-state index is -0.548. The molecule has 2 rings (SSSR count). The Hall–Kier alpha value is -2.11. The van der Waals surface area contributed by atoms with Crippen molar-refractivity contribution in [1.29, 1.82) is 0 Å². The van der Waals surface area contributed by atoms with Crippen molar-refractivity contribution in [3.8, 4) is 5.75 Å². The molecule has 0 aromatic heterocycles. The number of methoxy groups -OCH3 is 1. The Morgan fingerprint density at radius 3 is 2.75 bits per heavy atom. The number of para-hydroxylation sites is 1. The van der Waals surface area contributed by atoms with E-state index in [0.717, 1.165) is 19.3 Å². The van der Waals surface area contributed by atoms with Gasteiger partial charge in [-0.25, -0.2) is 0 Å². The highest BCUT2D eigenvalue weighted by Gasteiger charge is 2.26. The molecule has 1 aliphatic carbocycles. The van der Waals surface area contributed by atoms with Gasteiger partial charge in [0.2, 0.25) is 5.75 Å². The molecule has 1 aromatic rings. The van der Waals surface area contributed by atoms with Gasteiger partial charge >= 0.3 is 5.69 Å². The van der Waals surface area contributed by atoms with Crippen molar-refractivity contribution in [2.24, 2.45) is 5.92 Å². The lowest BCUT2D eigenvalue weighted by Gasteiger charge is -2.14. The first kappa shape index (κ1) is 14.3. The Morgan fingerprint density at radius 1 is 1.45 bits per heavy atom. The molecule has 6 nitrogen and oxygen atoms in total. The van der Waals surface area contributed by atoms with Crippen LogP contribution >= 0.6 is 0 Å². The highest BCUT2D eigenvalue weighted by atomic mass is 16.6. The first-order valence-corrected chi connectivity index (χ1v) is 6.65. The minimum absolute atomic E-state index is 0.0149. The summed E-state index contributed by atoms with van der Waals surface area (Å²) in [7, 11) is 1.33. The number of carbonyl (C=O) groups excluding carboxylic acids is 1. The van der Waals surface area contributed by atoms with E-state index in [9.17, 15) is 14.9 Å². The van der Waals surface area contributed by atoms with Crippen LogP contribution in [-0.2, 0) is 0 Å². The van der Waals surface area contributed by atoms with Crippen LogP contribution in [0, 0.1) is 16.0 Å². The van der Waals surface area contributed by atoms with Gasteiger partial charge in [-0.15, -0.1) is 0 Å². The second kappa shape index (κ2) is 5.90. The third-order valence-electron chi connectivity index (χ3n) is 3.67. The largest absolute Gasteiger partial charge is 0.490 e. The molecule has 0 saturated heterocycles. The molecule has 1 amide bonds. The normalized spacial score (nSPS) is 21.5. The number of hydrogen-bond acceptors (Lipinski definition) is 4. The molecule has 2 unspecified atom stereocenters. The first-order valence-electron chi connectivity index (χ1n) is 6.65. The molecular weight excluding hydrogens is 260 g/mol. The van der Waals surface area contributed by atoms with E-state index in [1.807, 2.05) is 0 Å². The fraction of sp³-hybridized carbons (Fsp3) is 0.500. The Balaban J connectivity index is 2.21. The average Bonchev–Trinajstić information content (AvgIpc) is 2.82. The fourth-order valence-electron chi connectivity index (χ4n) is 2.66. The van der Waals surface area contributed by atoms with E-state index in [-0.39, 0.29) is 28.9 Å². The van der Waals surface area contributed by atoms with Crippen LogP contribution in [-0.4, -0.2) is 24.0 Å². The number of hydrogen-bond donors (Lipinski definition) is 1. The number of rotatable bonds is 4. The van der Waals surface area contributed by atoms with Crippen LogP contribution in [0.1, 0.15) is 36.5 Å². The summed E-state index contributed by atoms with van der Waals surface area (Å²) in [6.07, 6.45) is 2.99. The van der Waals surface area contributed by atoms with Crippen molar-refractivity contribution in [2.75, 3.05) is 7.11 Å². The number of amides is 1. The maximum atomic E-state index is 12.2. The molecule has 0 aliphatic heterocycles. The predicted octanol–water partition coefficient (Wildman–Crippen LogP) is 2.52. The summed E-state index contributed by atoms with van der Waals surface area (Å²) >= 11 is 0. The van der Waals surface area contributed by atoms with E-state index in [1.165, 1.54) is 19.2 Å². The smallest absolute Gasteiger partial charge is 0.311 e. The van der Waals surface area contributed by atoms with Crippen LogP contribution in [0.2, 0.25) is 0 Å². The third-order valence-corrected chi connectivity index (χ3v) is 3.67. The summed E-state index contributed by atoms with van der Waals surface area (Å²) in [5, 5.41) is 13.9. The molecule has 1 N–H and O–H groups in total. The number of carbonyl (C=O) groups is 1. The summed E-state index contributed by atoms with van der Waals surface area (Å²) in [4.78, 5) is 22.6. The molecule has 6 heteroatoms. The van der Waals surface area contributed by atoms with E-state index in [1.54, 1.807) is 6.07 Å². The van der Waals surface area contributed by atoms with Crippen LogP contribution < -0.4 is 10.1 Å². The van der Waals surface area contributed by atoms with Crippen LogP contribution in [0.5, 0.6) is 5.75 Å². The lowest BCUT2D eigenvalue weighted by molar-refractivity contribution is -0.385. The van der Waals surface area contributed by atoms with Gasteiger partial charge in [0, 0.05) is 12.1 Å². The number of nitro benzene ring substituents is 1. The van der Waals surface area contributed by atoms with Crippen molar-refractivity contribution < 1.29 is 14.5 Å². The molecule has 0 radical (unpaired) electrons. The topological polar surface area (TPSA) is 81.5 Å². The van der Waals surface area contributed by atoms with E-state index in [4.69, 9.17) is 4.74 Å². The molecule has 1 aliphatic rings. The molecule has 108 valence electrons. The summed E-state index contributed by atoms with van der Waals surface area (Å²) in [5.74, 6) is 0.304. The molecule has 1 saturated carbocycles. The van der Waals surface area contributed by atoms with Crippen LogP contribution in [0.4, 0.5) is 5.69 Å². The van der Waals surface area contributed by atoms with Gasteiger partial charge in [-0.2, -0.15) is 0 Å². The number of nitrogens with one attached hydrogen (secondary N) is 1. The standard InChI is InChI=1S/C14H18N2O4/c1-9-6-7-10(8-9)15-14(17)11-4-3-5-12(16(18)19)13(11)20-2/h3-5,9-10H,6-8H2,1-2H3,(H,15,17). The van der Waals surface area contributed by atoms with E-state index in [0.29, 0.717) is 5.92 Å². The maximum Gasteiger partial charge on any atom is 0.311 e. The monoisotopic (exact) mass is 278 g/mol. The molecular formula is C14H18N2O4. The molecule has 2 atom stereocenters. The molecule has 0 spiro atoms. The van der Waals surface area contributed by atoms with Gasteiger partial charge in [0.05, 0.1) is 17.6 Å². The number of ether oxygens (including phenoxy) is 1. The van der Waals surface area contributed by atoms with Crippen LogP contribution in [0.15, 0.2) is 18.2 Å². The highest BCUT2D eigenvalue weighted by molar-refractivity contribution is 5.98. The second-order valence-electron chi connectivity index (χ2n) is 5.20. The summed E-state index contributed by atoms with van der Waals surface area (Å²) in [6.45, 7) is 2.15. The second-order valence-corrected chi connectivity index (χ2v) is 5.20. The van der Waals surface area contributed by atoms with Crippen LogP contribution in [0.3, 0.4) is 0 Å². The van der Waals surface area contributed by atoms with E-state index >= 15 is 0 Å². The van der Waals surface area contributed by atoms with Gasteiger partial charge < -0.3 is 10.1 Å². The van der Waals surface area contributed by atoms with Gasteiger partial charge in [0.25, 0.3) is 5.91 Å². The fourth-order valence-corrected chi connectivity index (χ4v) is 2.66. The van der Waals surface area contributed by atoms with Gasteiger partial charge in [0.1, 0.15) is 0 Å². The number of nitro groups is 1. The Kier molecular flexibility index (Phi) is 4.22. The number of nitrogens with zero attached hydrogens (tertiary/aromatic N) is 1. The van der Waals surface area contributed by atoms with Crippen molar-refractivity contribution in [1.82, 2.24) is 5.32 Å². The van der Waals surface area contributed by atoms with Gasteiger partial charge in [0.15, 0.2) is 0 Å². The zero-order valence-electron chi connectivity index (χ0n) is 11.6. The van der Waals surface area contributed by atoms with Gasteiger partial charge in [-0.1, -0.05) is 13.0 Å². The Morgan fingerprint density at radius 2 is 2.20 bits per heavy atom. The molecule has 20 heavy (non-hydrogen) atoms. The van der Waals surface area contributed by atoms with Crippen molar-refractivity contribution >= 4 is 11.6 Å². The van der Waals surface area contributed by atoms with Gasteiger partial charge in [-0.3, -0.25) is 14.9 Å². The third kappa shape index (κ3) is 2.89. The minimum Gasteiger partial charge on any atom is -0.490 e. The zero-order chi connectivity index (χ0) is 14.7. The van der Waals surface area contributed by atoms with Crippen LogP contribution in [0.25, 0.3) is 0 Å². The average molecular weight is 278 g/mol. The van der Waals surface area contributed by atoms with Crippen molar-refractivity contribution in [3.63, 3.8) is 0 Å². The first-order chi connectivity index (χ1) is 9.52.